The molecule has 8 heteroatoms. The number of sulfonamides is 1. The molecule has 2 fully saturated rings. The van der Waals surface area contributed by atoms with Crippen LogP contribution in [0.25, 0.3) is 0 Å². The second-order valence-corrected chi connectivity index (χ2v) is 9.05. The number of piperazine rings is 1. The number of rotatable bonds is 5. The summed E-state index contributed by atoms with van der Waals surface area (Å²) in [5.74, 6) is 1.96. The molecule has 7 nitrogen and oxygen atoms in total. The van der Waals surface area contributed by atoms with Gasteiger partial charge in [0.2, 0.25) is 10.0 Å². The lowest BCUT2D eigenvalue weighted by atomic mass is 10.0. The summed E-state index contributed by atoms with van der Waals surface area (Å²) in [5, 5.41) is 8.88. The predicted molar refractivity (Wildman–Crippen MR) is 101 cm³/mol. The number of hydrogen-bond acceptors (Lipinski definition) is 6. The van der Waals surface area contributed by atoms with Crippen molar-refractivity contribution in [3.63, 3.8) is 0 Å². The molecule has 0 radical (unpaired) electrons. The summed E-state index contributed by atoms with van der Waals surface area (Å²) in [4.78, 5) is 4.50. The minimum absolute atomic E-state index is 0.163. The first kappa shape index (κ1) is 18.4. The molecule has 1 unspecified atom stereocenters. The lowest BCUT2D eigenvalue weighted by molar-refractivity contribution is 0.384. The molecule has 0 bridgehead atoms. The Balaban J connectivity index is 1.63. The molecule has 1 atom stereocenters. The topological polar surface area (TPSA) is 69.6 Å². The molecular weight excluding hydrogens is 338 g/mol. The lowest BCUT2D eigenvalue weighted by Gasteiger charge is -2.36. The van der Waals surface area contributed by atoms with Gasteiger partial charge in [-0.1, -0.05) is 6.92 Å². The van der Waals surface area contributed by atoms with E-state index in [1.54, 1.807) is 11.2 Å². The first-order valence-corrected chi connectivity index (χ1v) is 11.0. The Morgan fingerprint density at radius 1 is 1.00 bits per heavy atom. The van der Waals surface area contributed by atoms with Gasteiger partial charge in [-0.3, -0.25) is 0 Å². The van der Waals surface area contributed by atoms with E-state index < -0.39 is 10.0 Å². The molecule has 0 saturated carbocycles. The molecule has 1 aromatic heterocycles. The van der Waals surface area contributed by atoms with Crippen LogP contribution in [-0.4, -0.2) is 67.4 Å². The molecule has 25 heavy (non-hydrogen) atoms. The monoisotopic (exact) mass is 367 g/mol. The Labute approximate surface area is 151 Å². The Hall–Kier alpha value is -1.41. The van der Waals surface area contributed by atoms with Crippen LogP contribution in [0.5, 0.6) is 0 Å². The Kier molecular flexibility index (Phi) is 5.78. The maximum absolute atomic E-state index is 12.0. The summed E-state index contributed by atoms with van der Waals surface area (Å²) in [7, 11) is -3.09. The van der Waals surface area contributed by atoms with E-state index in [2.05, 4.69) is 33.0 Å². The minimum atomic E-state index is -3.09. The summed E-state index contributed by atoms with van der Waals surface area (Å²) in [6.07, 6.45) is 4.88. The van der Waals surface area contributed by atoms with Crippen LogP contribution >= 0.6 is 0 Å². The van der Waals surface area contributed by atoms with Gasteiger partial charge in [-0.15, -0.1) is 10.2 Å². The summed E-state index contributed by atoms with van der Waals surface area (Å²) >= 11 is 0. The third kappa shape index (κ3) is 4.06. The van der Waals surface area contributed by atoms with Crippen LogP contribution in [0.15, 0.2) is 12.1 Å². The van der Waals surface area contributed by atoms with Gasteiger partial charge in [0.05, 0.1) is 5.75 Å². The number of hydrogen-bond donors (Lipinski definition) is 0. The average Bonchev–Trinajstić information content (AvgIpc) is 2.68. The maximum Gasteiger partial charge on any atom is 0.213 e. The van der Waals surface area contributed by atoms with Gasteiger partial charge in [0.25, 0.3) is 0 Å². The van der Waals surface area contributed by atoms with Crippen molar-refractivity contribution >= 4 is 21.7 Å². The zero-order valence-corrected chi connectivity index (χ0v) is 16.1. The molecule has 0 aliphatic carbocycles. The quantitative estimate of drug-likeness (QED) is 0.789. The van der Waals surface area contributed by atoms with Gasteiger partial charge in [-0.05, 0) is 44.7 Å². The van der Waals surface area contributed by atoms with E-state index in [1.807, 2.05) is 6.07 Å². The molecular formula is C17H29N5O2S. The van der Waals surface area contributed by atoms with E-state index >= 15 is 0 Å². The molecule has 3 heterocycles. The smallest absolute Gasteiger partial charge is 0.213 e. The van der Waals surface area contributed by atoms with E-state index in [9.17, 15) is 8.42 Å². The van der Waals surface area contributed by atoms with Gasteiger partial charge < -0.3 is 9.80 Å². The first-order valence-electron chi connectivity index (χ1n) is 9.38. The SMILES string of the molecule is CCC1CCCCN1c1ccc(N2CCN(S(=O)(=O)CC)CC2)nn1. The molecule has 3 rings (SSSR count). The van der Waals surface area contributed by atoms with Crippen LogP contribution in [-0.2, 0) is 10.0 Å². The normalized spacial score (nSPS) is 23.0. The van der Waals surface area contributed by atoms with Gasteiger partial charge >= 0.3 is 0 Å². The van der Waals surface area contributed by atoms with Crippen molar-refractivity contribution in [2.24, 2.45) is 0 Å². The summed E-state index contributed by atoms with van der Waals surface area (Å²) in [5.41, 5.74) is 0. The maximum atomic E-state index is 12.0. The van der Waals surface area contributed by atoms with E-state index in [4.69, 9.17) is 0 Å². The fourth-order valence-corrected chi connectivity index (χ4v) is 4.83. The van der Waals surface area contributed by atoms with Gasteiger partial charge in [0.1, 0.15) is 0 Å². The highest BCUT2D eigenvalue weighted by atomic mass is 32.2. The van der Waals surface area contributed by atoms with Crippen LogP contribution in [0.4, 0.5) is 11.6 Å². The fourth-order valence-electron chi connectivity index (χ4n) is 3.74. The fraction of sp³-hybridized carbons (Fsp3) is 0.765. The minimum Gasteiger partial charge on any atom is -0.352 e. The lowest BCUT2D eigenvalue weighted by Crippen LogP contribution is -2.49. The van der Waals surface area contributed by atoms with Gasteiger partial charge in [0.15, 0.2) is 11.6 Å². The van der Waals surface area contributed by atoms with Crippen LogP contribution in [0.2, 0.25) is 0 Å². The zero-order chi connectivity index (χ0) is 17.9. The van der Waals surface area contributed by atoms with Crippen molar-refractivity contribution in [2.75, 3.05) is 48.3 Å². The molecule has 2 aliphatic rings. The largest absolute Gasteiger partial charge is 0.352 e. The number of nitrogens with zero attached hydrogens (tertiary/aromatic N) is 5. The summed E-state index contributed by atoms with van der Waals surface area (Å²) in [6, 6.07) is 4.65. The zero-order valence-electron chi connectivity index (χ0n) is 15.3. The predicted octanol–water partition coefficient (Wildman–Crippen LogP) is 1.72. The highest BCUT2D eigenvalue weighted by molar-refractivity contribution is 7.89. The van der Waals surface area contributed by atoms with Crippen molar-refractivity contribution in [3.8, 4) is 0 Å². The number of anilines is 2. The van der Waals surface area contributed by atoms with Crippen LogP contribution in [0.3, 0.4) is 0 Å². The Morgan fingerprint density at radius 2 is 1.68 bits per heavy atom. The van der Waals surface area contributed by atoms with Crippen LogP contribution in [0, 0.1) is 0 Å². The Morgan fingerprint density at radius 3 is 2.28 bits per heavy atom. The molecule has 0 spiro atoms. The third-order valence-corrected chi connectivity index (χ3v) is 7.23. The highest BCUT2D eigenvalue weighted by Crippen LogP contribution is 2.25. The van der Waals surface area contributed by atoms with Crippen molar-refractivity contribution < 1.29 is 8.42 Å². The van der Waals surface area contributed by atoms with Crippen LogP contribution in [0.1, 0.15) is 39.5 Å². The highest BCUT2D eigenvalue weighted by Gasteiger charge is 2.27. The van der Waals surface area contributed by atoms with Crippen molar-refractivity contribution in [3.05, 3.63) is 12.1 Å². The molecule has 1 aromatic rings. The summed E-state index contributed by atoms with van der Waals surface area (Å²) in [6.45, 7) is 7.33. The van der Waals surface area contributed by atoms with E-state index in [0.717, 1.165) is 24.6 Å². The molecule has 0 amide bonds. The van der Waals surface area contributed by atoms with Gasteiger partial charge in [0, 0.05) is 38.8 Å². The van der Waals surface area contributed by atoms with E-state index in [1.165, 1.54) is 19.3 Å². The van der Waals surface area contributed by atoms with Gasteiger partial charge in [-0.2, -0.15) is 4.31 Å². The number of aromatic nitrogens is 2. The van der Waals surface area contributed by atoms with Crippen molar-refractivity contribution in [2.45, 2.75) is 45.6 Å². The second kappa shape index (κ2) is 7.86. The van der Waals surface area contributed by atoms with Crippen molar-refractivity contribution in [1.82, 2.24) is 14.5 Å². The first-order chi connectivity index (χ1) is 12.0. The molecule has 2 saturated heterocycles. The average molecular weight is 368 g/mol. The van der Waals surface area contributed by atoms with Crippen LogP contribution < -0.4 is 9.80 Å². The Bertz CT molecular complexity index is 656. The van der Waals surface area contributed by atoms with Gasteiger partial charge in [-0.25, -0.2) is 8.42 Å². The molecule has 0 aromatic carbocycles. The molecule has 140 valence electrons. The molecule has 2 aliphatic heterocycles. The van der Waals surface area contributed by atoms with Crippen molar-refractivity contribution in [1.29, 1.82) is 0 Å². The van der Waals surface area contributed by atoms with E-state index in [0.29, 0.717) is 32.2 Å². The molecule has 0 N–H and O–H groups in total. The second-order valence-electron chi connectivity index (χ2n) is 6.79. The standard InChI is InChI=1S/C17H29N5O2S/c1-3-15-7-5-6-10-22(15)17-9-8-16(18-19-17)20-11-13-21(14-12-20)25(23,24)4-2/h8-9,15H,3-7,10-14H2,1-2H3. The number of piperidine rings is 1. The van der Waals surface area contributed by atoms with E-state index in [-0.39, 0.29) is 5.75 Å². The third-order valence-electron chi connectivity index (χ3n) is 5.35. The summed E-state index contributed by atoms with van der Waals surface area (Å²) < 4.78 is 25.5.